The molecule has 12 rings (SSSR count). The van der Waals surface area contributed by atoms with E-state index >= 15 is 0 Å². The van der Waals surface area contributed by atoms with Gasteiger partial charge in [0.2, 0.25) is 0 Å². The van der Waals surface area contributed by atoms with Crippen LogP contribution in [0, 0.1) is 29.6 Å². The highest BCUT2D eigenvalue weighted by atomic mass is 16.8. The van der Waals surface area contributed by atoms with Crippen LogP contribution in [0.3, 0.4) is 0 Å². The maximum Gasteiger partial charge on any atom is 0.330 e. The molecule has 5 aliphatic carbocycles. The average molecular weight is 1790 g/mol. The van der Waals surface area contributed by atoms with Crippen LogP contribution in [0.15, 0.2) is 36.5 Å². The second-order valence-corrected chi connectivity index (χ2v) is 34.7. The number of aliphatic hydroxyl groups excluding tert-OH is 25. The maximum absolute atomic E-state index is 13.4. The van der Waals surface area contributed by atoms with Crippen molar-refractivity contribution in [3.63, 3.8) is 0 Å². The lowest BCUT2D eigenvalue weighted by Crippen LogP contribution is -2.66. The minimum absolute atomic E-state index is 0.0186. The predicted octanol–water partition coefficient (Wildman–Crippen LogP) is -11.8. The summed E-state index contributed by atoms with van der Waals surface area (Å²) in [6.45, 7) is -4.43. The van der Waals surface area contributed by atoms with Crippen LogP contribution < -0.4 is 0 Å². The molecule has 7 heterocycles. The van der Waals surface area contributed by atoms with Crippen molar-refractivity contribution in [2.45, 2.75) is 360 Å². The number of ether oxygens (including phenoxy) is 17. The Morgan fingerprint density at radius 2 is 0.661 bits per heavy atom. The van der Waals surface area contributed by atoms with Crippen molar-refractivity contribution in [2.24, 2.45) is 29.6 Å². The molecule has 45 heteroatoms. The first kappa shape index (κ1) is 99.1. The largest absolute Gasteiger partial charge is 0.460 e. The summed E-state index contributed by atoms with van der Waals surface area (Å²) in [6.07, 6.45) is -55.4. The van der Waals surface area contributed by atoms with Crippen LogP contribution in [0.1, 0.15) is 96.3 Å². The first-order valence-corrected chi connectivity index (χ1v) is 42.5. The summed E-state index contributed by atoms with van der Waals surface area (Å²) in [6, 6.07) is 0. The molecule has 710 valence electrons. The van der Waals surface area contributed by atoms with Crippen LogP contribution in [0.4, 0.5) is 0 Å². The SMILES string of the molecule is COC1CC(C2[OH+]C3CC(O)CC(OC4OC(COC(=O)C=CC5CCC(OC6OC(COC(=O)C=CC7CCC(O)C(OC8OC(CO)C(O)C(O)C8O)C7)C(O)C(O)C6O)C(O)C5)C(O)C(O)C4O)C3CC2OC2OC(CO)C(O)C(O)C2OC2OC(COC(=O)C=CC3CCC(OC4OC(CO)C(O)C(O)C4O)C(O)C3)C(O)C(O)C2O)CCC1O. The third kappa shape index (κ3) is 23.6. The van der Waals surface area contributed by atoms with E-state index < -0.39 is 345 Å². The molecule has 12 aliphatic rings. The van der Waals surface area contributed by atoms with Crippen molar-refractivity contribution in [3.8, 4) is 0 Å². The van der Waals surface area contributed by atoms with E-state index in [0.29, 0.717) is 19.3 Å². The molecule has 48 atom stereocenters. The number of methoxy groups -OCH3 is 1. The lowest BCUT2D eigenvalue weighted by atomic mass is 9.72. The Balaban J connectivity index is 0.631. The standard InChI is InChI=1S/C79H124O45/c1-108-43-19-32(8-10-35(43)84)72-45(117-79-73(66(102)57(93)48(25-82)120-79)124-78-71(107)65(101)60(96)51(123-78)28-111-53(89)14-6-29-3-11-39(37(86)16-29)113-74-67(103)61(97)55(91)46(23-80)118-74)22-34-41(112-72)20-33(83)21-42(34)115-76-70(106)64(100)59(95)50(122-76)27-109-52(88)13-5-30-4-12-40(38(87)17-30)114-75-69(105)63(99)58(94)49(121-75)26-110-54(90)15-7-31-2-9-36(85)44(18-31)116-77-68(104)62(98)56(92)47(24-81)119-77/h5-7,13-15,29-51,55-87,91-107H,2-4,8-12,16-28H2,1H3/p+1. The van der Waals surface area contributed by atoms with Gasteiger partial charge in [-0.05, 0) is 101 Å². The average Bonchev–Trinajstić information content (AvgIpc) is 0.758. The van der Waals surface area contributed by atoms with Gasteiger partial charge in [0.05, 0.1) is 86.8 Å². The van der Waals surface area contributed by atoms with Crippen LogP contribution in [-0.2, 0) is 90.2 Å². The molecule has 7 saturated heterocycles. The zero-order valence-corrected chi connectivity index (χ0v) is 67.9. The molecule has 0 aromatic carbocycles. The molecule has 12 fully saturated rings. The number of hydrogen-bond donors (Lipinski definition) is 25. The fraction of sp³-hybridized carbons (Fsp3) is 0.886. The summed E-state index contributed by atoms with van der Waals surface area (Å²) < 4.78 is 98.7. The highest BCUT2D eigenvalue weighted by molar-refractivity contribution is 5.82. The van der Waals surface area contributed by atoms with E-state index in [2.05, 4.69) is 0 Å². The number of hydrogen-bond acceptors (Lipinski definition) is 44. The fourth-order valence-corrected chi connectivity index (χ4v) is 18.8. The zero-order valence-electron chi connectivity index (χ0n) is 67.9. The van der Waals surface area contributed by atoms with E-state index in [1.165, 1.54) is 25.3 Å². The smallest absolute Gasteiger partial charge is 0.330 e. The molecule has 0 aromatic heterocycles. The van der Waals surface area contributed by atoms with Gasteiger partial charge in [-0.15, -0.1) is 0 Å². The highest BCUT2D eigenvalue weighted by Gasteiger charge is 2.60. The molecule has 0 radical (unpaired) electrons. The third-order valence-electron chi connectivity index (χ3n) is 26.3. The number of fused-ring (bicyclic) bond motifs is 1. The van der Waals surface area contributed by atoms with Gasteiger partial charge in [0, 0.05) is 44.1 Å². The summed E-state index contributed by atoms with van der Waals surface area (Å²) in [7, 11) is 1.42. The van der Waals surface area contributed by atoms with E-state index in [9.17, 15) is 142 Å². The van der Waals surface area contributed by atoms with Gasteiger partial charge < -0.3 is 208 Å². The molecular formula is C79H125O45+. The number of allylic oxidation sites excluding steroid dienone is 3. The van der Waals surface area contributed by atoms with Crippen LogP contribution in [0.5, 0.6) is 0 Å². The van der Waals surface area contributed by atoms with Crippen molar-refractivity contribution in [1.29, 1.82) is 0 Å². The molecule has 124 heavy (non-hydrogen) atoms. The Bertz CT molecular complexity index is 3420. The number of carbonyl (C=O) groups excluding carboxylic acids is 3. The molecule has 26 N–H and O–H groups in total. The number of carbonyl (C=O) groups is 3. The highest BCUT2D eigenvalue weighted by Crippen LogP contribution is 2.46. The number of esters is 3. The Hall–Kier alpha value is -3.93. The summed E-state index contributed by atoms with van der Waals surface area (Å²) in [5, 5.41) is 270. The second-order valence-electron chi connectivity index (χ2n) is 34.7. The monoisotopic (exact) mass is 1790 g/mol. The number of rotatable bonds is 29. The van der Waals surface area contributed by atoms with Gasteiger partial charge in [0.1, 0.15) is 172 Å². The topological polar surface area (TPSA) is 717 Å². The normalized spacial score (nSPS) is 49.4. The van der Waals surface area contributed by atoms with Gasteiger partial charge in [-0.2, -0.15) is 0 Å². The minimum atomic E-state index is -2.11. The van der Waals surface area contributed by atoms with E-state index in [4.69, 9.17) is 80.5 Å². The van der Waals surface area contributed by atoms with Gasteiger partial charge in [-0.25, -0.2) is 14.4 Å². The van der Waals surface area contributed by atoms with E-state index in [-0.39, 0.29) is 83.0 Å². The molecule has 0 amide bonds. The maximum atomic E-state index is 13.4. The molecule has 0 bridgehead atoms. The van der Waals surface area contributed by atoms with Crippen LogP contribution in [0.25, 0.3) is 0 Å². The second kappa shape index (κ2) is 44.5. The van der Waals surface area contributed by atoms with Gasteiger partial charge in [0.25, 0.3) is 0 Å². The van der Waals surface area contributed by atoms with Crippen LogP contribution >= 0.6 is 0 Å². The summed E-state index contributed by atoms with van der Waals surface area (Å²) in [4.78, 5) is 39.5. The van der Waals surface area contributed by atoms with E-state index in [1.54, 1.807) is 0 Å². The molecule has 5 saturated carbocycles. The van der Waals surface area contributed by atoms with Gasteiger partial charge in [-0.1, -0.05) is 18.2 Å². The van der Waals surface area contributed by atoms with Crippen molar-refractivity contribution in [3.05, 3.63) is 36.5 Å². The quantitative estimate of drug-likeness (QED) is 0.0143. The molecule has 7 aliphatic heterocycles. The Labute approximate surface area is 710 Å². The molecule has 45 nitrogen and oxygen atoms in total. The minimum Gasteiger partial charge on any atom is -0.460 e. The van der Waals surface area contributed by atoms with Crippen LogP contribution in [0.2, 0.25) is 0 Å². The lowest BCUT2D eigenvalue weighted by molar-refractivity contribution is -0.390. The van der Waals surface area contributed by atoms with Crippen molar-refractivity contribution < 1.29 is 223 Å². The van der Waals surface area contributed by atoms with E-state index in [1.807, 2.05) is 0 Å². The number of aliphatic hydroxyl groups is 27. The molecule has 48 unspecified atom stereocenters. The first-order chi connectivity index (χ1) is 59.1. The van der Waals surface area contributed by atoms with Crippen molar-refractivity contribution in [1.82, 2.24) is 0 Å². The third-order valence-corrected chi connectivity index (χ3v) is 26.3. The summed E-state index contributed by atoms with van der Waals surface area (Å²) in [5.74, 6) is -5.36. The molecular weight excluding hydrogens is 1670 g/mol. The van der Waals surface area contributed by atoms with Crippen LogP contribution in [-0.4, -0.2) is 461 Å². The Morgan fingerprint density at radius 1 is 0.315 bits per heavy atom. The predicted molar refractivity (Wildman–Crippen MR) is 402 cm³/mol. The lowest BCUT2D eigenvalue weighted by Gasteiger charge is -2.51. The molecule has 0 aromatic rings. The van der Waals surface area contributed by atoms with Gasteiger partial charge in [-0.3, -0.25) is 0 Å². The summed E-state index contributed by atoms with van der Waals surface area (Å²) in [5.41, 5.74) is 0. The Kier molecular flexibility index (Phi) is 35.6. The summed E-state index contributed by atoms with van der Waals surface area (Å²) >= 11 is 0. The van der Waals surface area contributed by atoms with E-state index in [0.717, 1.165) is 18.2 Å². The molecule has 0 spiro atoms. The zero-order chi connectivity index (χ0) is 89.6. The first-order valence-electron chi connectivity index (χ1n) is 42.5. The van der Waals surface area contributed by atoms with Gasteiger partial charge >= 0.3 is 17.9 Å². The van der Waals surface area contributed by atoms with Crippen molar-refractivity contribution >= 4 is 17.9 Å². The fourth-order valence-electron chi connectivity index (χ4n) is 18.8. The van der Waals surface area contributed by atoms with Crippen molar-refractivity contribution in [2.75, 3.05) is 46.8 Å². The van der Waals surface area contributed by atoms with Gasteiger partial charge in [0.15, 0.2) is 49.9 Å². The Morgan fingerprint density at radius 3 is 1.08 bits per heavy atom.